The van der Waals surface area contributed by atoms with E-state index in [1.807, 2.05) is 35.7 Å². The maximum atomic E-state index is 13.8. The van der Waals surface area contributed by atoms with Crippen molar-refractivity contribution in [1.29, 1.82) is 0 Å². The number of benzene rings is 2. The van der Waals surface area contributed by atoms with E-state index in [4.69, 9.17) is 0 Å². The number of anilines is 3. The molecule has 0 unspecified atom stereocenters. The average molecular weight is 434 g/mol. The van der Waals surface area contributed by atoms with E-state index >= 15 is 0 Å². The van der Waals surface area contributed by atoms with E-state index in [1.54, 1.807) is 12.1 Å². The zero-order valence-electron chi connectivity index (χ0n) is 16.7. The minimum absolute atomic E-state index is 0.200. The van der Waals surface area contributed by atoms with Gasteiger partial charge in [-0.2, -0.15) is 0 Å². The number of nitrogens with one attached hydrogen (secondary N) is 1. The van der Waals surface area contributed by atoms with Crippen LogP contribution >= 0.6 is 11.3 Å². The van der Waals surface area contributed by atoms with Crippen molar-refractivity contribution in [2.75, 3.05) is 28.2 Å². The van der Waals surface area contributed by atoms with E-state index in [9.17, 15) is 14.0 Å². The van der Waals surface area contributed by atoms with Crippen LogP contribution in [0.15, 0.2) is 71.7 Å². The first-order valence-electron chi connectivity index (χ1n) is 10.2. The summed E-state index contributed by atoms with van der Waals surface area (Å²) in [6.07, 6.45) is 2.40. The summed E-state index contributed by atoms with van der Waals surface area (Å²) < 4.78 is 13.8. The van der Waals surface area contributed by atoms with Crippen molar-refractivity contribution in [3.8, 4) is 0 Å². The molecule has 2 aromatic carbocycles. The first kappa shape index (κ1) is 19.5. The molecule has 156 valence electrons. The van der Waals surface area contributed by atoms with Gasteiger partial charge in [0.1, 0.15) is 11.5 Å². The fraction of sp³-hybridized carbons (Fsp3) is 0.167. The molecular formula is C24H20FN3O2S. The third kappa shape index (κ3) is 3.61. The molecule has 5 nitrogen and oxygen atoms in total. The number of amides is 2. The molecule has 0 aliphatic carbocycles. The lowest BCUT2D eigenvalue weighted by molar-refractivity contribution is -0.120. The van der Waals surface area contributed by atoms with Crippen LogP contribution < -0.4 is 15.1 Å². The molecule has 2 aliphatic rings. The number of halogens is 1. The van der Waals surface area contributed by atoms with E-state index in [0.29, 0.717) is 16.1 Å². The minimum Gasteiger partial charge on any atom is -0.372 e. The number of imide groups is 1. The van der Waals surface area contributed by atoms with Crippen LogP contribution in [0, 0.1) is 5.82 Å². The molecule has 7 heteroatoms. The van der Waals surface area contributed by atoms with Crippen LogP contribution in [-0.4, -0.2) is 24.9 Å². The van der Waals surface area contributed by atoms with Crippen molar-refractivity contribution in [2.45, 2.75) is 12.8 Å². The molecule has 1 N–H and O–H groups in total. The highest BCUT2D eigenvalue weighted by atomic mass is 32.1. The molecule has 0 bridgehead atoms. The number of thiophene rings is 1. The van der Waals surface area contributed by atoms with Gasteiger partial charge in [-0.05, 0) is 66.8 Å². The van der Waals surface area contributed by atoms with Gasteiger partial charge in [0.25, 0.3) is 11.8 Å². The second kappa shape index (κ2) is 8.00. The second-order valence-corrected chi connectivity index (χ2v) is 8.47. The van der Waals surface area contributed by atoms with E-state index in [-0.39, 0.29) is 11.4 Å². The first-order chi connectivity index (χ1) is 15.1. The van der Waals surface area contributed by atoms with E-state index in [2.05, 4.69) is 10.2 Å². The predicted molar refractivity (Wildman–Crippen MR) is 122 cm³/mol. The standard InChI is InChI=1S/C24H20FN3O2S/c25-16-5-3-6-19(15-16)28-23(29)21(20-7-4-14-31-20)22(24(28)30)26-17-8-10-18(11-9-17)27-12-1-2-13-27/h3-11,14-15,26H,1-2,12-13H2. The first-order valence-corrected chi connectivity index (χ1v) is 11.0. The fourth-order valence-electron chi connectivity index (χ4n) is 4.02. The zero-order chi connectivity index (χ0) is 21.4. The molecule has 2 aliphatic heterocycles. The van der Waals surface area contributed by atoms with Crippen LogP contribution in [0.4, 0.5) is 21.5 Å². The molecule has 5 rings (SSSR count). The van der Waals surface area contributed by atoms with Crippen molar-refractivity contribution >= 4 is 45.8 Å². The minimum atomic E-state index is -0.505. The Hall–Kier alpha value is -3.45. The lowest BCUT2D eigenvalue weighted by Gasteiger charge is -2.18. The van der Waals surface area contributed by atoms with E-state index in [0.717, 1.165) is 23.7 Å². The normalized spacial score (nSPS) is 16.5. The van der Waals surface area contributed by atoms with Gasteiger partial charge < -0.3 is 10.2 Å². The summed E-state index contributed by atoms with van der Waals surface area (Å²) in [5.74, 6) is -1.47. The topological polar surface area (TPSA) is 52.7 Å². The maximum absolute atomic E-state index is 13.8. The van der Waals surface area contributed by atoms with Gasteiger partial charge in [0.15, 0.2) is 0 Å². The molecule has 0 radical (unpaired) electrons. The van der Waals surface area contributed by atoms with Crippen LogP contribution in [0.25, 0.3) is 5.57 Å². The van der Waals surface area contributed by atoms with Crippen molar-refractivity contribution in [3.05, 3.63) is 82.4 Å². The van der Waals surface area contributed by atoms with Crippen LogP contribution in [0.5, 0.6) is 0 Å². The fourth-order valence-corrected chi connectivity index (χ4v) is 4.79. The molecular weight excluding hydrogens is 413 g/mol. The van der Waals surface area contributed by atoms with Crippen LogP contribution in [0.3, 0.4) is 0 Å². The monoisotopic (exact) mass is 433 g/mol. The largest absolute Gasteiger partial charge is 0.372 e. The Bertz CT molecular complexity index is 1170. The number of rotatable bonds is 5. The maximum Gasteiger partial charge on any atom is 0.282 e. The van der Waals surface area contributed by atoms with Gasteiger partial charge in [0.05, 0.1) is 11.3 Å². The summed E-state index contributed by atoms with van der Waals surface area (Å²) >= 11 is 1.38. The third-order valence-corrected chi connectivity index (χ3v) is 6.41. The Kier molecular flexibility index (Phi) is 5.03. The van der Waals surface area contributed by atoms with Gasteiger partial charge in [-0.1, -0.05) is 12.1 Å². The molecule has 2 amide bonds. The second-order valence-electron chi connectivity index (χ2n) is 7.52. The number of nitrogens with zero attached hydrogens (tertiary/aromatic N) is 2. The van der Waals surface area contributed by atoms with Crippen LogP contribution in [-0.2, 0) is 9.59 Å². The van der Waals surface area contributed by atoms with Crippen molar-refractivity contribution < 1.29 is 14.0 Å². The lowest BCUT2D eigenvalue weighted by Crippen LogP contribution is -2.32. The van der Waals surface area contributed by atoms with Gasteiger partial charge in [-0.25, -0.2) is 9.29 Å². The molecule has 0 spiro atoms. The molecule has 1 saturated heterocycles. The SMILES string of the molecule is O=C1C(Nc2ccc(N3CCCC3)cc2)=C(c2cccs2)C(=O)N1c1cccc(F)c1. The summed E-state index contributed by atoms with van der Waals surface area (Å²) in [6, 6.07) is 17.0. The highest BCUT2D eigenvalue weighted by Gasteiger charge is 2.40. The summed E-state index contributed by atoms with van der Waals surface area (Å²) in [5, 5.41) is 5.01. The molecule has 0 saturated carbocycles. The van der Waals surface area contributed by atoms with Gasteiger partial charge in [-0.15, -0.1) is 11.3 Å². The average Bonchev–Trinajstić information content (AvgIpc) is 3.52. The Balaban J connectivity index is 1.49. The number of hydrogen-bond acceptors (Lipinski definition) is 5. The van der Waals surface area contributed by atoms with Gasteiger partial charge in [-0.3, -0.25) is 9.59 Å². The van der Waals surface area contributed by atoms with Crippen molar-refractivity contribution in [3.63, 3.8) is 0 Å². The van der Waals surface area contributed by atoms with Crippen LogP contribution in [0.1, 0.15) is 17.7 Å². The smallest absolute Gasteiger partial charge is 0.282 e. The molecule has 3 heterocycles. The molecule has 1 fully saturated rings. The molecule has 0 atom stereocenters. The van der Waals surface area contributed by atoms with E-state index < -0.39 is 17.6 Å². The Morgan fingerprint density at radius 2 is 1.65 bits per heavy atom. The Labute approximate surface area is 183 Å². The van der Waals surface area contributed by atoms with Crippen molar-refractivity contribution in [2.24, 2.45) is 0 Å². The quantitative estimate of drug-likeness (QED) is 0.583. The van der Waals surface area contributed by atoms with Crippen LogP contribution in [0.2, 0.25) is 0 Å². The predicted octanol–water partition coefficient (Wildman–Crippen LogP) is 4.88. The Morgan fingerprint density at radius 3 is 2.32 bits per heavy atom. The van der Waals surface area contributed by atoms with Gasteiger partial charge >= 0.3 is 0 Å². The summed E-state index contributed by atoms with van der Waals surface area (Å²) in [6.45, 7) is 2.10. The summed E-state index contributed by atoms with van der Waals surface area (Å²) in [7, 11) is 0. The number of hydrogen-bond donors (Lipinski definition) is 1. The highest BCUT2D eigenvalue weighted by molar-refractivity contribution is 7.11. The molecule has 31 heavy (non-hydrogen) atoms. The van der Waals surface area contributed by atoms with Gasteiger partial charge in [0.2, 0.25) is 0 Å². The number of carbonyl (C=O) groups excluding carboxylic acids is 2. The highest BCUT2D eigenvalue weighted by Crippen LogP contribution is 2.36. The third-order valence-electron chi connectivity index (χ3n) is 5.53. The Morgan fingerprint density at radius 1 is 0.871 bits per heavy atom. The zero-order valence-corrected chi connectivity index (χ0v) is 17.5. The molecule has 1 aromatic heterocycles. The van der Waals surface area contributed by atoms with Gasteiger partial charge in [0, 0.05) is 29.3 Å². The lowest BCUT2D eigenvalue weighted by atomic mass is 10.1. The number of carbonyl (C=O) groups is 2. The molecule has 3 aromatic rings. The summed E-state index contributed by atoms with van der Waals surface area (Å²) in [5.41, 5.74) is 2.57. The van der Waals surface area contributed by atoms with Crippen molar-refractivity contribution in [1.82, 2.24) is 0 Å². The summed E-state index contributed by atoms with van der Waals surface area (Å²) in [4.78, 5) is 30.6. The van der Waals surface area contributed by atoms with E-state index in [1.165, 1.54) is 42.4 Å².